The number of carbonyl (C=O) groups is 1. The zero-order valence-electron chi connectivity index (χ0n) is 24.3. The molecule has 1 aromatic heterocycles. The number of morpholine rings is 1. The molecule has 3 aliphatic rings. The summed E-state index contributed by atoms with van der Waals surface area (Å²) in [4.78, 5) is 29.0. The molecule has 1 N–H and O–H groups in total. The molecule has 0 unspecified atom stereocenters. The van der Waals surface area contributed by atoms with E-state index in [4.69, 9.17) is 16.3 Å². The van der Waals surface area contributed by atoms with Crippen molar-refractivity contribution in [3.63, 3.8) is 0 Å². The van der Waals surface area contributed by atoms with Crippen molar-refractivity contribution in [2.75, 3.05) is 50.8 Å². The van der Waals surface area contributed by atoms with E-state index >= 15 is 0 Å². The molecule has 0 radical (unpaired) electrons. The molecule has 2 aromatic rings. The van der Waals surface area contributed by atoms with Gasteiger partial charge >= 0.3 is 0 Å². The van der Waals surface area contributed by atoms with Crippen LogP contribution in [0.4, 0.5) is 15.8 Å². The minimum absolute atomic E-state index is 0.0802. The summed E-state index contributed by atoms with van der Waals surface area (Å²) in [6.07, 6.45) is 2.28. The van der Waals surface area contributed by atoms with E-state index in [1.165, 1.54) is 12.1 Å². The second-order valence-corrected chi connectivity index (χ2v) is 12.5. The topological polar surface area (TPSA) is 65.3 Å². The monoisotopic (exact) mass is 548 g/mol. The number of anilines is 1. The van der Waals surface area contributed by atoms with Crippen LogP contribution in [-0.2, 0) is 21.4 Å². The number of ether oxygens (including phenoxy) is 1. The first-order valence-corrected chi connectivity index (χ1v) is 14.3. The third-order valence-corrected chi connectivity index (χ3v) is 8.61. The van der Waals surface area contributed by atoms with Crippen molar-refractivity contribution >= 4 is 17.3 Å². The number of hydrogen-bond donors (Lipinski definition) is 1. The molecule has 9 heteroatoms. The lowest BCUT2D eigenvalue weighted by Gasteiger charge is -2.46. The third kappa shape index (κ3) is 5.91. The second-order valence-electron chi connectivity index (χ2n) is 12.5. The van der Waals surface area contributed by atoms with E-state index in [2.05, 4.69) is 54.6 Å². The van der Waals surface area contributed by atoms with Gasteiger partial charge in [-0.15, -0.1) is 0 Å². The number of piperazine rings is 1. The Morgan fingerprint density at radius 2 is 1.98 bits per heavy atom. The minimum atomic E-state index is -0.418. The number of halogens is 1. The fourth-order valence-electron chi connectivity index (χ4n) is 6.41. The Kier molecular flexibility index (Phi) is 8.25. The predicted molar refractivity (Wildman–Crippen MR) is 154 cm³/mol. The number of nitrogens with one attached hydrogen (secondary N) is 1. The number of nitrogens with zero attached hydrogens (tertiary/aromatic N) is 5. The summed E-state index contributed by atoms with van der Waals surface area (Å²) < 4.78 is 19.4. The second kappa shape index (κ2) is 11.5. The highest BCUT2D eigenvalue weighted by Crippen LogP contribution is 2.40. The van der Waals surface area contributed by atoms with Crippen LogP contribution in [0.1, 0.15) is 51.4 Å². The largest absolute Gasteiger partial charge is 0.378 e. The van der Waals surface area contributed by atoms with Crippen LogP contribution in [0.2, 0.25) is 0 Å². The molecule has 2 fully saturated rings. The highest BCUT2D eigenvalue weighted by atomic mass is 19.1. The fourth-order valence-corrected chi connectivity index (χ4v) is 6.41. The molecule has 40 heavy (non-hydrogen) atoms. The number of aromatic nitrogens is 1. The van der Waals surface area contributed by atoms with E-state index in [9.17, 15) is 9.18 Å². The van der Waals surface area contributed by atoms with Crippen molar-refractivity contribution in [2.24, 2.45) is 0 Å². The van der Waals surface area contributed by atoms with Crippen molar-refractivity contribution in [3.05, 3.63) is 64.5 Å². The molecule has 0 bridgehead atoms. The van der Waals surface area contributed by atoms with Crippen LogP contribution in [0.15, 0.2) is 30.5 Å². The van der Waals surface area contributed by atoms with Crippen molar-refractivity contribution in [2.45, 2.75) is 70.6 Å². The van der Waals surface area contributed by atoms with Crippen LogP contribution in [0.3, 0.4) is 0 Å². The summed E-state index contributed by atoms with van der Waals surface area (Å²) in [6.45, 7) is 23.2. The SMILES string of the molecule is [C-]#[N+]c1cc(F)ccc1Cc1cnc2c(c1)N(C(=O)CN1C[C@@H](C)NC[C@@H]1CN1[C@H](C)COC[C@H]1C)CC2(C)C. The lowest BCUT2D eigenvalue weighted by Crippen LogP contribution is -2.63. The number of carbonyl (C=O) groups excluding carboxylic acids is 1. The van der Waals surface area contributed by atoms with E-state index in [1.54, 1.807) is 6.07 Å². The lowest BCUT2D eigenvalue weighted by molar-refractivity contribution is -0.121. The van der Waals surface area contributed by atoms with Crippen molar-refractivity contribution in [1.29, 1.82) is 0 Å². The Morgan fingerprint density at radius 3 is 2.70 bits per heavy atom. The quantitative estimate of drug-likeness (QED) is 0.555. The molecular weight excluding hydrogens is 507 g/mol. The number of benzene rings is 1. The Labute approximate surface area is 237 Å². The Balaban J connectivity index is 1.36. The molecular formula is C31H41FN6O2. The predicted octanol–water partition coefficient (Wildman–Crippen LogP) is 3.76. The van der Waals surface area contributed by atoms with Gasteiger partial charge in [0.2, 0.25) is 5.91 Å². The zero-order chi connectivity index (χ0) is 28.6. The van der Waals surface area contributed by atoms with E-state index in [0.29, 0.717) is 43.3 Å². The molecule has 214 valence electrons. The Bertz CT molecular complexity index is 1280. The van der Waals surface area contributed by atoms with Gasteiger partial charge in [0.15, 0.2) is 5.69 Å². The molecule has 4 heterocycles. The van der Waals surface area contributed by atoms with Gasteiger partial charge in [-0.3, -0.25) is 19.6 Å². The molecule has 3 aliphatic heterocycles. The van der Waals surface area contributed by atoms with Crippen LogP contribution in [0, 0.1) is 12.4 Å². The Morgan fingerprint density at radius 1 is 1.23 bits per heavy atom. The maximum absolute atomic E-state index is 14.0. The lowest BCUT2D eigenvalue weighted by atomic mass is 9.91. The van der Waals surface area contributed by atoms with Gasteiger partial charge in [-0.25, -0.2) is 9.24 Å². The van der Waals surface area contributed by atoms with Crippen molar-refractivity contribution < 1.29 is 13.9 Å². The molecule has 1 amide bonds. The van der Waals surface area contributed by atoms with Crippen LogP contribution in [0.25, 0.3) is 4.85 Å². The van der Waals surface area contributed by atoms with Gasteiger partial charge < -0.3 is 15.0 Å². The number of rotatable bonds is 6. The fraction of sp³-hybridized carbons (Fsp3) is 0.581. The first-order valence-electron chi connectivity index (χ1n) is 14.3. The molecule has 2 saturated heterocycles. The van der Waals surface area contributed by atoms with Gasteiger partial charge in [-0.1, -0.05) is 19.9 Å². The van der Waals surface area contributed by atoms with E-state index in [0.717, 1.165) is 55.4 Å². The first kappa shape index (κ1) is 28.6. The molecule has 5 rings (SSSR count). The van der Waals surface area contributed by atoms with Gasteiger partial charge in [0.25, 0.3) is 0 Å². The summed E-state index contributed by atoms with van der Waals surface area (Å²) >= 11 is 0. The zero-order valence-corrected chi connectivity index (χ0v) is 24.3. The summed E-state index contributed by atoms with van der Waals surface area (Å²) in [5.74, 6) is -0.338. The van der Waals surface area contributed by atoms with Crippen LogP contribution in [-0.4, -0.2) is 90.8 Å². The Hall–Kier alpha value is -2.90. The summed E-state index contributed by atoms with van der Waals surface area (Å²) in [7, 11) is 0. The number of pyridine rings is 1. The van der Waals surface area contributed by atoms with E-state index < -0.39 is 5.82 Å². The summed E-state index contributed by atoms with van der Waals surface area (Å²) in [5.41, 5.74) is 3.43. The van der Waals surface area contributed by atoms with E-state index in [-0.39, 0.29) is 17.4 Å². The highest BCUT2D eigenvalue weighted by Gasteiger charge is 2.41. The maximum atomic E-state index is 14.0. The van der Waals surface area contributed by atoms with Crippen LogP contribution < -0.4 is 10.2 Å². The smallest absolute Gasteiger partial charge is 0.241 e. The highest BCUT2D eigenvalue weighted by molar-refractivity contribution is 5.97. The average molecular weight is 549 g/mol. The van der Waals surface area contributed by atoms with Gasteiger partial charge in [-0.05, 0) is 56.5 Å². The van der Waals surface area contributed by atoms with Crippen LogP contribution >= 0.6 is 0 Å². The third-order valence-electron chi connectivity index (χ3n) is 8.61. The van der Waals surface area contributed by atoms with E-state index in [1.807, 2.05) is 17.2 Å². The van der Waals surface area contributed by atoms with Crippen molar-refractivity contribution in [1.82, 2.24) is 20.1 Å². The van der Waals surface area contributed by atoms with Crippen LogP contribution in [0.5, 0.6) is 0 Å². The molecule has 8 nitrogen and oxygen atoms in total. The summed E-state index contributed by atoms with van der Waals surface area (Å²) in [6, 6.07) is 7.57. The molecule has 1 aromatic carbocycles. The molecule has 0 saturated carbocycles. The standard InChI is InChI=1S/C31H41FN6O2/c1-20-14-36(26(13-34-20)15-37-21(2)17-40-18-22(37)3)16-29(39)38-19-31(4,5)30-28(38)10-23(12-35-30)9-24-7-8-25(32)11-27(24)33-6/h7-8,10-12,20-22,26,34H,9,13-19H2,1-5H3/t20-,21-,22-,26-/m1/s1. The average Bonchev–Trinajstić information content (AvgIpc) is 3.18. The molecule has 0 spiro atoms. The molecule has 0 aliphatic carbocycles. The van der Waals surface area contributed by atoms with Gasteiger partial charge in [0.1, 0.15) is 5.82 Å². The number of fused-ring (bicyclic) bond motifs is 1. The minimum Gasteiger partial charge on any atom is -0.378 e. The first-order chi connectivity index (χ1) is 19.1. The number of hydrogen-bond acceptors (Lipinski definition) is 6. The van der Waals surface area contributed by atoms with Gasteiger partial charge in [0.05, 0.1) is 37.7 Å². The van der Waals surface area contributed by atoms with Gasteiger partial charge in [0, 0.05) is 62.0 Å². The number of amides is 1. The van der Waals surface area contributed by atoms with Crippen molar-refractivity contribution in [3.8, 4) is 0 Å². The van der Waals surface area contributed by atoms with Gasteiger partial charge in [-0.2, -0.15) is 0 Å². The maximum Gasteiger partial charge on any atom is 0.241 e. The summed E-state index contributed by atoms with van der Waals surface area (Å²) in [5, 5.41) is 3.62. The molecule has 4 atom stereocenters. The normalized spacial score (nSPS) is 26.9.